The van der Waals surface area contributed by atoms with Crippen LogP contribution in [0.25, 0.3) is 17.1 Å². The van der Waals surface area contributed by atoms with E-state index in [2.05, 4.69) is 15.4 Å². The van der Waals surface area contributed by atoms with Crippen molar-refractivity contribution in [2.24, 2.45) is 5.73 Å². The van der Waals surface area contributed by atoms with E-state index in [1.807, 2.05) is 30.3 Å². The Kier molecular flexibility index (Phi) is 3.45. The fourth-order valence-electron chi connectivity index (χ4n) is 2.09. The molecule has 0 saturated heterocycles. The van der Waals surface area contributed by atoms with Gasteiger partial charge in [0.05, 0.1) is 5.69 Å². The Hall–Kier alpha value is -2.60. The Morgan fingerprint density at radius 3 is 2.62 bits per heavy atom. The smallest absolute Gasteiger partial charge is 0.205 e. The van der Waals surface area contributed by atoms with Crippen molar-refractivity contribution in [2.45, 2.75) is 13.0 Å². The van der Waals surface area contributed by atoms with Crippen molar-refractivity contribution < 1.29 is 4.39 Å². The molecule has 0 bridgehead atoms. The quantitative estimate of drug-likeness (QED) is 0.801. The molecular weight excluding hydrogens is 269 g/mol. The lowest BCUT2D eigenvalue weighted by molar-refractivity contribution is 0.617. The van der Waals surface area contributed by atoms with Gasteiger partial charge in [0.2, 0.25) is 5.82 Å². The maximum atomic E-state index is 13.4. The van der Waals surface area contributed by atoms with Gasteiger partial charge in [-0.3, -0.25) is 0 Å². The lowest BCUT2D eigenvalue weighted by Crippen LogP contribution is -2.12. The predicted octanol–water partition coefficient (Wildman–Crippen LogP) is 2.49. The van der Waals surface area contributed by atoms with Crippen LogP contribution in [0.1, 0.15) is 18.5 Å². The second kappa shape index (κ2) is 5.41. The SMILES string of the molecule is CC(N)c1cc(F)ccc1-n1nnc(-c2ccccc2)n1. The molecule has 0 fully saturated rings. The molecule has 0 aliphatic carbocycles. The third-order valence-electron chi connectivity index (χ3n) is 3.14. The minimum absolute atomic E-state index is 0.332. The second-order valence-electron chi connectivity index (χ2n) is 4.76. The first kappa shape index (κ1) is 13.4. The molecule has 0 aliphatic heterocycles. The van der Waals surface area contributed by atoms with Crippen molar-refractivity contribution in [3.05, 3.63) is 59.9 Å². The van der Waals surface area contributed by atoms with E-state index in [1.165, 1.54) is 16.9 Å². The lowest BCUT2D eigenvalue weighted by Gasteiger charge is -2.11. The van der Waals surface area contributed by atoms with E-state index in [1.54, 1.807) is 13.0 Å². The molecule has 1 unspecified atom stereocenters. The van der Waals surface area contributed by atoms with Gasteiger partial charge in [-0.25, -0.2) is 4.39 Å². The lowest BCUT2D eigenvalue weighted by atomic mass is 10.1. The van der Waals surface area contributed by atoms with Gasteiger partial charge in [0.1, 0.15) is 5.82 Å². The van der Waals surface area contributed by atoms with Gasteiger partial charge in [-0.1, -0.05) is 30.3 Å². The zero-order chi connectivity index (χ0) is 14.8. The van der Waals surface area contributed by atoms with Crippen LogP contribution in [0.5, 0.6) is 0 Å². The molecular formula is C15H14FN5. The molecule has 1 heterocycles. The van der Waals surface area contributed by atoms with E-state index in [0.29, 0.717) is 17.1 Å². The topological polar surface area (TPSA) is 69.6 Å². The predicted molar refractivity (Wildman–Crippen MR) is 77.2 cm³/mol. The average molecular weight is 283 g/mol. The first-order chi connectivity index (χ1) is 10.1. The van der Waals surface area contributed by atoms with E-state index in [9.17, 15) is 4.39 Å². The van der Waals surface area contributed by atoms with Gasteiger partial charge in [0.15, 0.2) is 0 Å². The van der Waals surface area contributed by atoms with E-state index in [4.69, 9.17) is 5.73 Å². The molecule has 0 aliphatic rings. The largest absolute Gasteiger partial charge is 0.324 e. The van der Waals surface area contributed by atoms with Gasteiger partial charge in [-0.05, 0) is 35.9 Å². The molecule has 2 N–H and O–H groups in total. The summed E-state index contributed by atoms with van der Waals surface area (Å²) in [6.45, 7) is 1.79. The van der Waals surface area contributed by atoms with Gasteiger partial charge in [-0.2, -0.15) is 0 Å². The molecule has 0 radical (unpaired) electrons. The molecule has 0 saturated carbocycles. The Morgan fingerprint density at radius 1 is 1.14 bits per heavy atom. The zero-order valence-corrected chi connectivity index (χ0v) is 11.4. The summed E-state index contributed by atoms with van der Waals surface area (Å²) < 4.78 is 13.4. The molecule has 0 amide bonds. The Morgan fingerprint density at radius 2 is 1.90 bits per heavy atom. The number of rotatable bonds is 3. The van der Waals surface area contributed by atoms with Crippen LogP contribution in [0.3, 0.4) is 0 Å². The third kappa shape index (κ3) is 2.66. The van der Waals surface area contributed by atoms with Gasteiger partial charge < -0.3 is 5.73 Å². The van der Waals surface area contributed by atoms with Gasteiger partial charge in [0.25, 0.3) is 0 Å². The highest BCUT2D eigenvalue weighted by Gasteiger charge is 2.13. The van der Waals surface area contributed by atoms with Crippen LogP contribution in [0.2, 0.25) is 0 Å². The van der Waals surface area contributed by atoms with Crippen molar-refractivity contribution >= 4 is 0 Å². The molecule has 106 valence electrons. The summed E-state index contributed by atoms with van der Waals surface area (Å²) >= 11 is 0. The maximum Gasteiger partial charge on any atom is 0.205 e. The minimum atomic E-state index is -0.338. The number of hydrogen-bond acceptors (Lipinski definition) is 4. The third-order valence-corrected chi connectivity index (χ3v) is 3.14. The van der Waals surface area contributed by atoms with Gasteiger partial charge in [-0.15, -0.1) is 15.0 Å². The van der Waals surface area contributed by atoms with E-state index in [0.717, 1.165) is 5.56 Å². The zero-order valence-electron chi connectivity index (χ0n) is 11.4. The summed E-state index contributed by atoms with van der Waals surface area (Å²) in [6.07, 6.45) is 0. The van der Waals surface area contributed by atoms with Crippen molar-refractivity contribution in [2.75, 3.05) is 0 Å². The molecule has 5 nitrogen and oxygen atoms in total. The molecule has 6 heteroatoms. The van der Waals surface area contributed by atoms with Crippen LogP contribution in [0, 0.1) is 5.82 Å². The van der Waals surface area contributed by atoms with E-state index >= 15 is 0 Å². The Bertz CT molecular complexity index is 752. The maximum absolute atomic E-state index is 13.4. The highest BCUT2D eigenvalue weighted by Crippen LogP contribution is 2.21. The molecule has 2 aromatic carbocycles. The molecule has 0 spiro atoms. The number of tetrazole rings is 1. The highest BCUT2D eigenvalue weighted by atomic mass is 19.1. The van der Waals surface area contributed by atoms with Crippen molar-refractivity contribution in [3.8, 4) is 17.1 Å². The van der Waals surface area contributed by atoms with Gasteiger partial charge >= 0.3 is 0 Å². The van der Waals surface area contributed by atoms with E-state index < -0.39 is 0 Å². The highest BCUT2D eigenvalue weighted by molar-refractivity contribution is 5.53. The molecule has 21 heavy (non-hydrogen) atoms. The number of halogens is 1. The number of hydrogen-bond donors (Lipinski definition) is 1. The van der Waals surface area contributed by atoms with Crippen LogP contribution in [-0.2, 0) is 0 Å². The first-order valence-electron chi connectivity index (χ1n) is 6.56. The standard InChI is InChI=1S/C15H14FN5/c1-10(17)13-9-12(16)7-8-14(13)21-19-15(18-20-21)11-5-3-2-4-6-11/h2-10H,17H2,1H3. The second-order valence-corrected chi connectivity index (χ2v) is 4.76. The molecule has 3 rings (SSSR count). The van der Waals surface area contributed by atoms with Crippen molar-refractivity contribution in [1.29, 1.82) is 0 Å². The normalized spacial score (nSPS) is 12.3. The Balaban J connectivity index is 2.05. The number of nitrogens with two attached hydrogens (primary N) is 1. The Labute approximate surface area is 121 Å². The summed E-state index contributed by atoms with van der Waals surface area (Å²) in [4.78, 5) is 1.38. The number of benzene rings is 2. The van der Waals surface area contributed by atoms with Gasteiger partial charge in [0, 0.05) is 11.6 Å². The van der Waals surface area contributed by atoms with Crippen LogP contribution >= 0.6 is 0 Å². The van der Waals surface area contributed by atoms with Crippen LogP contribution in [0.4, 0.5) is 4.39 Å². The van der Waals surface area contributed by atoms with Crippen LogP contribution < -0.4 is 5.73 Å². The summed E-state index contributed by atoms with van der Waals surface area (Å²) in [5.41, 5.74) is 8.01. The fraction of sp³-hybridized carbons (Fsp3) is 0.133. The first-order valence-corrected chi connectivity index (χ1v) is 6.56. The molecule has 1 aromatic heterocycles. The van der Waals surface area contributed by atoms with Crippen molar-refractivity contribution in [3.63, 3.8) is 0 Å². The fourth-order valence-corrected chi connectivity index (χ4v) is 2.09. The van der Waals surface area contributed by atoms with Crippen LogP contribution in [-0.4, -0.2) is 20.2 Å². The summed E-state index contributed by atoms with van der Waals surface area (Å²) in [7, 11) is 0. The number of nitrogens with zero attached hydrogens (tertiary/aromatic N) is 4. The molecule has 3 aromatic rings. The average Bonchev–Trinajstić information content (AvgIpc) is 2.97. The van der Waals surface area contributed by atoms with Crippen LogP contribution in [0.15, 0.2) is 48.5 Å². The summed E-state index contributed by atoms with van der Waals surface area (Å²) in [6, 6.07) is 13.5. The number of aromatic nitrogens is 4. The summed E-state index contributed by atoms with van der Waals surface area (Å²) in [5.74, 6) is 0.171. The van der Waals surface area contributed by atoms with Crippen molar-refractivity contribution in [1.82, 2.24) is 20.2 Å². The summed E-state index contributed by atoms with van der Waals surface area (Å²) in [5, 5.41) is 12.4. The monoisotopic (exact) mass is 283 g/mol. The molecule has 1 atom stereocenters. The minimum Gasteiger partial charge on any atom is -0.324 e. The van der Waals surface area contributed by atoms with E-state index in [-0.39, 0.29) is 11.9 Å².